The second-order valence-electron chi connectivity index (χ2n) is 8.60. The highest BCUT2D eigenvalue weighted by atomic mass is 16.5. The van der Waals surface area contributed by atoms with Gasteiger partial charge in [-0.3, -0.25) is 9.59 Å². The van der Waals surface area contributed by atoms with Crippen LogP contribution in [0.1, 0.15) is 36.2 Å². The number of carbonyl (C=O) groups excluding carboxylic acids is 1. The number of hydrogen-bond donors (Lipinski definition) is 3. The Morgan fingerprint density at radius 2 is 2.18 bits per heavy atom. The molecule has 11 nitrogen and oxygen atoms in total. The van der Waals surface area contributed by atoms with E-state index in [4.69, 9.17) is 9.47 Å². The molecule has 2 aliphatic rings. The van der Waals surface area contributed by atoms with Gasteiger partial charge in [0.15, 0.2) is 5.65 Å². The molecule has 0 aromatic carbocycles. The molecule has 0 radical (unpaired) electrons. The van der Waals surface area contributed by atoms with Crippen LogP contribution in [0.3, 0.4) is 0 Å². The van der Waals surface area contributed by atoms with E-state index in [1.165, 1.54) is 6.20 Å². The standard InChI is InChI=1S/C22H27N7O4/c1-22(32-3)7-6-16(22)26-20(30)14-10-24-29-18(23-2)9-17(27-19(14)29)25-15-5-4-8-28(21(15)31)13-11-33-12-13/h4-5,8-10,13,16,23H,6-7,11-12H2,1-3H3,(H,25,27)(H,26,30)/t16-,22-/m1/s1. The molecule has 2 atom stereocenters. The third-order valence-corrected chi connectivity index (χ3v) is 6.66. The molecule has 1 saturated heterocycles. The highest BCUT2D eigenvalue weighted by Gasteiger charge is 2.44. The van der Waals surface area contributed by atoms with Crippen LogP contribution in [0, 0.1) is 0 Å². The van der Waals surface area contributed by atoms with Gasteiger partial charge in [-0.25, -0.2) is 4.98 Å². The Balaban J connectivity index is 1.46. The zero-order valence-corrected chi connectivity index (χ0v) is 18.8. The molecule has 2 fully saturated rings. The molecule has 11 heteroatoms. The predicted molar refractivity (Wildman–Crippen MR) is 122 cm³/mol. The van der Waals surface area contributed by atoms with E-state index >= 15 is 0 Å². The molecule has 1 amide bonds. The highest BCUT2D eigenvalue weighted by molar-refractivity contribution is 6.00. The van der Waals surface area contributed by atoms with Crippen LogP contribution in [0.15, 0.2) is 35.4 Å². The van der Waals surface area contributed by atoms with Crippen LogP contribution in [0.4, 0.5) is 17.3 Å². The molecule has 3 aromatic rings. The molecule has 1 aliphatic heterocycles. The highest BCUT2D eigenvalue weighted by Crippen LogP contribution is 2.35. The van der Waals surface area contributed by atoms with Crippen molar-refractivity contribution in [1.82, 2.24) is 24.5 Å². The van der Waals surface area contributed by atoms with Gasteiger partial charge in [0, 0.05) is 26.4 Å². The van der Waals surface area contributed by atoms with Gasteiger partial charge >= 0.3 is 0 Å². The number of hydrogen-bond acceptors (Lipinski definition) is 8. The van der Waals surface area contributed by atoms with Gasteiger partial charge in [-0.05, 0) is 31.9 Å². The van der Waals surface area contributed by atoms with Gasteiger partial charge in [-0.1, -0.05) is 0 Å². The average molecular weight is 454 g/mol. The summed E-state index contributed by atoms with van der Waals surface area (Å²) < 4.78 is 14.0. The number of rotatable bonds is 7. The molecule has 5 rings (SSSR count). The van der Waals surface area contributed by atoms with Gasteiger partial charge in [-0.15, -0.1) is 0 Å². The molecule has 174 valence electrons. The molecule has 3 N–H and O–H groups in total. The minimum Gasteiger partial charge on any atom is -0.377 e. The van der Waals surface area contributed by atoms with Gasteiger partial charge in [0.05, 0.1) is 37.1 Å². The Bertz CT molecular complexity index is 1260. The normalized spacial score (nSPS) is 22.5. The van der Waals surface area contributed by atoms with E-state index in [-0.39, 0.29) is 29.2 Å². The Kier molecular flexibility index (Phi) is 5.29. The van der Waals surface area contributed by atoms with Crippen molar-refractivity contribution in [3.8, 4) is 0 Å². The zero-order valence-electron chi connectivity index (χ0n) is 18.8. The lowest BCUT2D eigenvalue weighted by atomic mass is 9.76. The smallest absolute Gasteiger partial charge is 0.274 e. The summed E-state index contributed by atoms with van der Waals surface area (Å²) in [6, 6.07) is 5.21. The van der Waals surface area contributed by atoms with E-state index in [0.29, 0.717) is 41.7 Å². The Labute approximate surface area is 190 Å². The first-order chi connectivity index (χ1) is 15.9. The lowest BCUT2D eigenvalue weighted by molar-refractivity contribution is -0.0828. The van der Waals surface area contributed by atoms with Crippen LogP contribution < -0.4 is 21.5 Å². The number of anilines is 3. The average Bonchev–Trinajstić information content (AvgIpc) is 3.21. The van der Waals surface area contributed by atoms with Crippen molar-refractivity contribution in [3.63, 3.8) is 0 Å². The maximum Gasteiger partial charge on any atom is 0.274 e. The van der Waals surface area contributed by atoms with Crippen molar-refractivity contribution in [2.45, 2.75) is 37.5 Å². The third-order valence-electron chi connectivity index (χ3n) is 6.66. The lowest BCUT2D eigenvalue weighted by Crippen LogP contribution is -2.59. The van der Waals surface area contributed by atoms with Crippen molar-refractivity contribution >= 4 is 28.9 Å². The number of ether oxygens (including phenoxy) is 2. The first kappa shape index (κ1) is 21.4. The monoisotopic (exact) mass is 453 g/mol. The summed E-state index contributed by atoms with van der Waals surface area (Å²) in [5, 5.41) is 13.5. The van der Waals surface area contributed by atoms with Crippen molar-refractivity contribution in [2.24, 2.45) is 0 Å². The summed E-state index contributed by atoms with van der Waals surface area (Å²) in [5.74, 6) is 0.777. The van der Waals surface area contributed by atoms with Crippen LogP contribution in [-0.4, -0.2) is 64.1 Å². The molecule has 33 heavy (non-hydrogen) atoms. The van der Waals surface area contributed by atoms with Gasteiger partial charge < -0.3 is 30.0 Å². The fourth-order valence-corrected chi connectivity index (χ4v) is 4.18. The maximum atomic E-state index is 13.0. The van der Waals surface area contributed by atoms with E-state index in [2.05, 4.69) is 26.0 Å². The minimum atomic E-state index is -0.367. The predicted octanol–water partition coefficient (Wildman–Crippen LogP) is 1.54. The minimum absolute atomic E-state index is 0.0389. The van der Waals surface area contributed by atoms with Gasteiger partial charge in [0.2, 0.25) is 0 Å². The number of nitrogens with zero attached hydrogens (tertiary/aromatic N) is 4. The second kappa shape index (κ2) is 8.16. The Morgan fingerprint density at radius 1 is 1.36 bits per heavy atom. The van der Waals surface area contributed by atoms with Crippen LogP contribution in [0.5, 0.6) is 0 Å². The first-order valence-corrected chi connectivity index (χ1v) is 10.9. The summed E-state index contributed by atoms with van der Waals surface area (Å²) >= 11 is 0. The molecule has 1 aliphatic carbocycles. The van der Waals surface area contributed by atoms with Crippen LogP contribution >= 0.6 is 0 Å². The number of nitrogens with one attached hydrogen (secondary N) is 3. The molecule has 1 saturated carbocycles. The second-order valence-corrected chi connectivity index (χ2v) is 8.60. The van der Waals surface area contributed by atoms with Crippen molar-refractivity contribution in [2.75, 3.05) is 38.0 Å². The number of carbonyl (C=O) groups is 1. The van der Waals surface area contributed by atoms with Gasteiger partial charge in [-0.2, -0.15) is 9.61 Å². The molecule has 4 heterocycles. The summed E-state index contributed by atoms with van der Waals surface area (Å²) in [7, 11) is 3.41. The zero-order chi connectivity index (χ0) is 23.2. The number of fused-ring (bicyclic) bond motifs is 1. The molecular weight excluding hydrogens is 426 g/mol. The van der Waals surface area contributed by atoms with Crippen molar-refractivity contribution < 1.29 is 14.3 Å². The number of aromatic nitrogens is 4. The van der Waals surface area contributed by atoms with Crippen LogP contribution in [0.2, 0.25) is 0 Å². The van der Waals surface area contributed by atoms with E-state index in [1.807, 2.05) is 13.0 Å². The Hall–Kier alpha value is -3.44. The number of pyridine rings is 1. The molecule has 3 aromatic heterocycles. The molecular formula is C22H27N7O4. The molecule has 0 spiro atoms. The van der Waals surface area contributed by atoms with E-state index in [9.17, 15) is 9.59 Å². The lowest BCUT2D eigenvalue weighted by Gasteiger charge is -2.45. The quantitative estimate of drug-likeness (QED) is 0.492. The molecule has 0 bridgehead atoms. The van der Waals surface area contributed by atoms with Crippen molar-refractivity contribution in [1.29, 1.82) is 0 Å². The van der Waals surface area contributed by atoms with Crippen molar-refractivity contribution in [3.05, 3.63) is 46.5 Å². The van der Waals surface area contributed by atoms with E-state index < -0.39 is 0 Å². The summed E-state index contributed by atoms with van der Waals surface area (Å²) in [6.07, 6.45) is 4.99. The Morgan fingerprint density at radius 3 is 2.82 bits per heavy atom. The van der Waals surface area contributed by atoms with E-state index in [1.54, 1.807) is 41.6 Å². The van der Waals surface area contributed by atoms with Gasteiger partial charge in [0.25, 0.3) is 11.5 Å². The summed E-state index contributed by atoms with van der Waals surface area (Å²) in [6.45, 7) is 3.03. The largest absolute Gasteiger partial charge is 0.377 e. The third kappa shape index (κ3) is 3.62. The SMILES string of the molecule is CNc1cc(Nc2cccn(C3COC3)c2=O)nc2c(C(=O)N[C@@H]3CC[C@@]3(C)OC)cnn12. The van der Waals surface area contributed by atoms with Crippen LogP contribution in [0.25, 0.3) is 5.65 Å². The summed E-state index contributed by atoms with van der Waals surface area (Å²) in [5.41, 5.74) is 0.586. The summed E-state index contributed by atoms with van der Waals surface area (Å²) in [4.78, 5) is 30.6. The van der Waals surface area contributed by atoms with Crippen LogP contribution in [-0.2, 0) is 9.47 Å². The number of amides is 1. The fraction of sp³-hybridized carbons (Fsp3) is 0.455. The fourth-order valence-electron chi connectivity index (χ4n) is 4.18. The number of methoxy groups -OCH3 is 1. The molecule has 0 unspecified atom stereocenters. The maximum absolute atomic E-state index is 13.0. The van der Waals surface area contributed by atoms with E-state index in [0.717, 1.165) is 12.8 Å². The van der Waals surface area contributed by atoms with Gasteiger partial charge in [0.1, 0.15) is 22.9 Å². The topological polar surface area (TPSA) is 124 Å². The first-order valence-electron chi connectivity index (χ1n) is 10.9.